The maximum absolute atomic E-state index is 11.6. The lowest BCUT2D eigenvalue weighted by Gasteiger charge is -2.23. The van der Waals surface area contributed by atoms with Crippen LogP contribution in [0.1, 0.15) is 11.6 Å². The lowest BCUT2D eigenvalue weighted by molar-refractivity contribution is 0.213. The molecule has 0 bridgehead atoms. The van der Waals surface area contributed by atoms with E-state index in [-0.39, 0.29) is 12.4 Å². The fourth-order valence-corrected chi connectivity index (χ4v) is 2.59. The van der Waals surface area contributed by atoms with Gasteiger partial charge >= 0.3 is 6.03 Å². The summed E-state index contributed by atoms with van der Waals surface area (Å²) < 4.78 is 0.847. The molecule has 4 nitrogen and oxygen atoms in total. The standard InChI is InChI=1S/C12H9BrClN3O/c1-2-5-17-10(11(15)16-12(17)18)8-4-3-7(13)6-9(8)14/h1,3-4,6,10H,5H2,(H2,15,16,18). The number of terminal acetylenes is 1. The topological polar surface area (TPSA) is 58.7 Å². The van der Waals surface area contributed by atoms with Gasteiger partial charge in [0.1, 0.15) is 11.9 Å². The highest BCUT2D eigenvalue weighted by Gasteiger charge is 2.35. The first-order valence-corrected chi connectivity index (χ1v) is 6.24. The summed E-state index contributed by atoms with van der Waals surface area (Å²) in [6.45, 7) is 0.139. The lowest BCUT2D eigenvalue weighted by atomic mass is 10.1. The van der Waals surface area contributed by atoms with Crippen LogP contribution in [0.5, 0.6) is 0 Å². The van der Waals surface area contributed by atoms with Crippen LogP contribution in [-0.4, -0.2) is 23.3 Å². The number of hydrogen-bond donors (Lipinski definition) is 1. The molecule has 1 aliphatic rings. The Morgan fingerprint density at radius 1 is 1.61 bits per heavy atom. The van der Waals surface area contributed by atoms with Gasteiger partial charge in [-0.1, -0.05) is 39.5 Å². The molecule has 0 spiro atoms. The molecule has 2 rings (SSSR count). The van der Waals surface area contributed by atoms with Crippen molar-refractivity contribution in [2.75, 3.05) is 6.54 Å². The van der Waals surface area contributed by atoms with Crippen LogP contribution in [-0.2, 0) is 0 Å². The minimum Gasteiger partial charge on any atom is -0.385 e. The van der Waals surface area contributed by atoms with E-state index >= 15 is 0 Å². The molecule has 1 aromatic carbocycles. The Balaban J connectivity index is 2.45. The zero-order valence-electron chi connectivity index (χ0n) is 9.23. The van der Waals surface area contributed by atoms with E-state index in [0.29, 0.717) is 10.6 Å². The predicted octanol–water partition coefficient (Wildman–Crippen LogP) is 2.57. The summed E-state index contributed by atoms with van der Waals surface area (Å²) in [4.78, 5) is 16.8. The monoisotopic (exact) mass is 325 g/mol. The first-order chi connectivity index (χ1) is 8.54. The molecule has 2 N–H and O–H groups in total. The first-order valence-electron chi connectivity index (χ1n) is 5.07. The zero-order chi connectivity index (χ0) is 13.3. The molecule has 0 aromatic heterocycles. The van der Waals surface area contributed by atoms with E-state index in [9.17, 15) is 4.79 Å². The number of nitrogens with zero attached hydrogens (tertiary/aromatic N) is 2. The van der Waals surface area contributed by atoms with Gasteiger partial charge in [0.15, 0.2) is 0 Å². The second-order valence-corrected chi connectivity index (χ2v) is 5.04. The van der Waals surface area contributed by atoms with E-state index < -0.39 is 12.1 Å². The third-order valence-corrected chi connectivity index (χ3v) is 3.40. The summed E-state index contributed by atoms with van der Waals surface area (Å²) in [5.74, 6) is 2.62. The molecule has 92 valence electrons. The second kappa shape index (κ2) is 5.01. The number of aliphatic imine (C=N–C) groups is 1. The van der Waals surface area contributed by atoms with Crippen LogP contribution in [0.25, 0.3) is 0 Å². The summed E-state index contributed by atoms with van der Waals surface area (Å²) in [7, 11) is 0. The van der Waals surface area contributed by atoms with Crippen LogP contribution >= 0.6 is 27.5 Å². The Kier molecular flexibility index (Phi) is 3.60. The van der Waals surface area contributed by atoms with Gasteiger partial charge in [-0.2, -0.15) is 4.99 Å². The molecule has 0 fully saturated rings. The molecule has 1 atom stereocenters. The minimum absolute atomic E-state index is 0.139. The summed E-state index contributed by atoms with van der Waals surface area (Å²) in [6, 6.07) is 4.43. The van der Waals surface area contributed by atoms with Crippen molar-refractivity contribution >= 4 is 39.4 Å². The molecule has 0 saturated carbocycles. The van der Waals surface area contributed by atoms with Crippen molar-refractivity contribution in [2.24, 2.45) is 10.7 Å². The Morgan fingerprint density at radius 2 is 2.33 bits per heavy atom. The van der Waals surface area contributed by atoms with Gasteiger partial charge in [0.2, 0.25) is 0 Å². The number of nitrogens with two attached hydrogens (primary N) is 1. The Labute approximate surface area is 118 Å². The van der Waals surface area contributed by atoms with Crippen molar-refractivity contribution in [3.8, 4) is 12.3 Å². The average molecular weight is 327 g/mol. The largest absolute Gasteiger partial charge is 0.385 e. The molecule has 18 heavy (non-hydrogen) atoms. The fourth-order valence-electron chi connectivity index (χ4n) is 1.81. The van der Waals surface area contributed by atoms with Crippen molar-refractivity contribution < 1.29 is 4.79 Å². The van der Waals surface area contributed by atoms with Gasteiger partial charge in [-0.25, -0.2) is 4.79 Å². The lowest BCUT2D eigenvalue weighted by Crippen LogP contribution is -2.33. The van der Waals surface area contributed by atoms with Crippen LogP contribution in [0, 0.1) is 12.3 Å². The normalized spacial score (nSPS) is 18.7. The van der Waals surface area contributed by atoms with Gasteiger partial charge in [0.25, 0.3) is 0 Å². The third-order valence-electron chi connectivity index (χ3n) is 2.58. The highest BCUT2D eigenvalue weighted by atomic mass is 79.9. The Morgan fingerprint density at radius 3 is 2.94 bits per heavy atom. The number of hydrogen-bond acceptors (Lipinski definition) is 2. The molecule has 1 aromatic rings. The SMILES string of the molecule is C#CCN1C(=O)N=C(N)C1c1ccc(Br)cc1Cl. The van der Waals surface area contributed by atoms with E-state index in [0.717, 1.165) is 4.47 Å². The van der Waals surface area contributed by atoms with Gasteiger partial charge in [-0.05, 0) is 12.1 Å². The number of halogens is 2. The summed E-state index contributed by atoms with van der Waals surface area (Å²) in [5, 5.41) is 0.504. The van der Waals surface area contributed by atoms with Crippen LogP contribution in [0.2, 0.25) is 5.02 Å². The highest BCUT2D eigenvalue weighted by molar-refractivity contribution is 9.10. The van der Waals surface area contributed by atoms with Crippen LogP contribution in [0.4, 0.5) is 4.79 Å². The smallest absolute Gasteiger partial charge is 0.346 e. The quantitative estimate of drug-likeness (QED) is 0.849. The number of amides is 2. The van der Waals surface area contributed by atoms with Crippen molar-refractivity contribution in [2.45, 2.75) is 6.04 Å². The van der Waals surface area contributed by atoms with Crippen molar-refractivity contribution in [3.63, 3.8) is 0 Å². The second-order valence-electron chi connectivity index (χ2n) is 3.72. The molecular weight excluding hydrogens is 318 g/mol. The van der Waals surface area contributed by atoms with E-state index in [1.807, 2.05) is 6.07 Å². The highest BCUT2D eigenvalue weighted by Crippen LogP contribution is 2.33. The molecule has 2 amide bonds. The zero-order valence-corrected chi connectivity index (χ0v) is 11.6. The average Bonchev–Trinajstić information content (AvgIpc) is 2.56. The Hall–Kier alpha value is -1.51. The minimum atomic E-state index is -0.492. The third kappa shape index (κ3) is 2.22. The van der Waals surface area contributed by atoms with Crippen molar-refractivity contribution in [1.29, 1.82) is 0 Å². The first kappa shape index (κ1) is 12.9. The van der Waals surface area contributed by atoms with Gasteiger partial charge < -0.3 is 5.73 Å². The maximum atomic E-state index is 11.6. The number of carbonyl (C=O) groups is 1. The van der Waals surface area contributed by atoms with Gasteiger partial charge in [0.05, 0.1) is 6.54 Å². The van der Waals surface area contributed by atoms with Crippen LogP contribution < -0.4 is 5.73 Å². The predicted molar refractivity (Wildman–Crippen MR) is 74.5 cm³/mol. The van der Waals surface area contributed by atoms with Crippen LogP contribution in [0.15, 0.2) is 27.7 Å². The molecule has 0 radical (unpaired) electrons. The maximum Gasteiger partial charge on any atom is 0.346 e. The summed E-state index contributed by atoms with van der Waals surface area (Å²) in [5.41, 5.74) is 6.49. The van der Waals surface area contributed by atoms with Crippen molar-refractivity contribution in [3.05, 3.63) is 33.3 Å². The Bertz CT molecular complexity index is 579. The van der Waals surface area contributed by atoms with E-state index in [1.165, 1.54) is 4.90 Å². The van der Waals surface area contributed by atoms with Gasteiger partial charge in [-0.3, -0.25) is 4.90 Å². The number of carbonyl (C=O) groups excluding carboxylic acids is 1. The molecule has 1 heterocycles. The number of amidine groups is 1. The van der Waals surface area contributed by atoms with E-state index in [2.05, 4.69) is 26.8 Å². The molecule has 0 saturated heterocycles. The number of benzene rings is 1. The molecular formula is C12H9BrClN3O. The number of urea groups is 1. The van der Waals surface area contributed by atoms with Crippen molar-refractivity contribution in [1.82, 2.24) is 4.90 Å². The molecule has 1 unspecified atom stereocenters. The summed E-state index contributed by atoms with van der Waals surface area (Å²) >= 11 is 9.48. The summed E-state index contributed by atoms with van der Waals surface area (Å²) in [6.07, 6.45) is 5.24. The van der Waals surface area contributed by atoms with E-state index in [4.69, 9.17) is 23.8 Å². The van der Waals surface area contributed by atoms with Crippen LogP contribution in [0.3, 0.4) is 0 Å². The molecule has 0 aliphatic carbocycles. The number of rotatable bonds is 2. The van der Waals surface area contributed by atoms with Gasteiger partial charge in [-0.15, -0.1) is 6.42 Å². The van der Waals surface area contributed by atoms with Gasteiger partial charge in [0, 0.05) is 15.1 Å². The fraction of sp³-hybridized carbons (Fsp3) is 0.167. The molecule has 1 aliphatic heterocycles. The molecule has 6 heteroatoms. The van der Waals surface area contributed by atoms with E-state index in [1.54, 1.807) is 12.1 Å².